The molecule has 0 N–H and O–H groups in total. The van der Waals surface area contributed by atoms with Gasteiger partial charge >= 0.3 is 5.82 Å². The van der Waals surface area contributed by atoms with E-state index in [0.29, 0.717) is 17.3 Å². The van der Waals surface area contributed by atoms with Crippen LogP contribution in [0.2, 0.25) is 0 Å². The molecule has 0 aliphatic rings. The van der Waals surface area contributed by atoms with E-state index in [0.717, 1.165) is 11.5 Å². The maximum absolute atomic E-state index is 10.6. The highest BCUT2D eigenvalue weighted by atomic mass is 32.1. The zero-order valence-electron chi connectivity index (χ0n) is 8.72. The van der Waals surface area contributed by atoms with Crippen molar-refractivity contribution in [1.29, 1.82) is 0 Å². The Bertz CT molecular complexity index is 524. The Kier molecular flexibility index (Phi) is 3.33. The van der Waals surface area contributed by atoms with Gasteiger partial charge in [-0.05, 0) is 10.1 Å². The highest BCUT2D eigenvalue weighted by molar-refractivity contribution is 7.80. The van der Waals surface area contributed by atoms with Gasteiger partial charge in [-0.15, -0.1) is 5.10 Å². The first kappa shape index (κ1) is 11.9. The Labute approximate surface area is 105 Å². The molecule has 0 saturated carbocycles. The third-order valence-electron chi connectivity index (χ3n) is 2.22. The van der Waals surface area contributed by atoms with E-state index in [1.165, 1.54) is 10.8 Å². The first-order valence-electron chi connectivity index (χ1n) is 4.57. The SMILES string of the molecule is Cn1c([N+](=O)[O-])cnc1CC(S)c1nnns1. The summed E-state index contributed by atoms with van der Waals surface area (Å²) in [5.74, 6) is 0.530. The summed E-state index contributed by atoms with van der Waals surface area (Å²) in [7, 11) is 1.60. The minimum atomic E-state index is -0.476. The van der Waals surface area contributed by atoms with Crippen LogP contribution in [0.5, 0.6) is 0 Å². The summed E-state index contributed by atoms with van der Waals surface area (Å²) in [6.07, 6.45) is 1.67. The number of nitro groups is 1. The molecule has 0 saturated heterocycles. The minimum Gasteiger partial charge on any atom is -0.358 e. The van der Waals surface area contributed by atoms with Crippen LogP contribution in [-0.4, -0.2) is 29.3 Å². The molecule has 2 rings (SSSR count). The first-order chi connectivity index (χ1) is 8.09. The van der Waals surface area contributed by atoms with E-state index < -0.39 is 4.92 Å². The number of imidazole rings is 1. The maximum Gasteiger partial charge on any atom is 0.342 e. The lowest BCUT2D eigenvalue weighted by Gasteiger charge is -2.03. The molecule has 0 aliphatic heterocycles. The molecule has 1 unspecified atom stereocenters. The number of hydrogen-bond acceptors (Lipinski definition) is 8. The molecular formula is C7H8N6O2S2. The Balaban J connectivity index is 2.17. The van der Waals surface area contributed by atoms with E-state index in [4.69, 9.17) is 0 Å². The molecule has 8 nitrogen and oxygen atoms in total. The second-order valence-electron chi connectivity index (χ2n) is 3.27. The Morgan fingerprint density at radius 3 is 3.00 bits per heavy atom. The molecule has 90 valence electrons. The Hall–Kier alpha value is -1.55. The lowest BCUT2D eigenvalue weighted by molar-refractivity contribution is -0.391. The first-order valence-corrected chi connectivity index (χ1v) is 5.86. The molecule has 2 heterocycles. The number of thiol groups is 1. The summed E-state index contributed by atoms with van der Waals surface area (Å²) >= 11 is 5.50. The highest BCUT2D eigenvalue weighted by Gasteiger charge is 2.21. The number of rotatable bonds is 4. The van der Waals surface area contributed by atoms with Gasteiger partial charge in [0.15, 0.2) is 10.8 Å². The van der Waals surface area contributed by atoms with Crippen LogP contribution >= 0.6 is 24.2 Å². The topological polar surface area (TPSA) is 99.6 Å². The summed E-state index contributed by atoms with van der Waals surface area (Å²) < 4.78 is 5.07. The third-order valence-corrected chi connectivity index (χ3v) is 3.53. The average molecular weight is 272 g/mol. The fourth-order valence-electron chi connectivity index (χ4n) is 1.33. The van der Waals surface area contributed by atoms with Gasteiger partial charge in [-0.1, -0.05) is 4.49 Å². The maximum atomic E-state index is 10.6. The predicted octanol–water partition coefficient (Wildman–Crippen LogP) is 0.788. The summed E-state index contributed by atoms with van der Waals surface area (Å²) in [5, 5.41) is 18.4. The van der Waals surface area contributed by atoms with Crippen LogP contribution in [0.15, 0.2) is 6.20 Å². The molecule has 1 atom stereocenters. The van der Waals surface area contributed by atoms with Crippen LogP contribution in [0.25, 0.3) is 0 Å². The van der Waals surface area contributed by atoms with Gasteiger partial charge in [-0.3, -0.25) is 0 Å². The molecule has 0 aliphatic carbocycles. The molecule has 0 spiro atoms. The van der Waals surface area contributed by atoms with E-state index >= 15 is 0 Å². The van der Waals surface area contributed by atoms with Crippen LogP contribution in [-0.2, 0) is 13.5 Å². The number of nitrogens with zero attached hydrogens (tertiary/aromatic N) is 6. The molecule has 10 heteroatoms. The van der Waals surface area contributed by atoms with Crippen molar-refractivity contribution in [2.75, 3.05) is 0 Å². The van der Waals surface area contributed by atoms with Crippen LogP contribution in [0.3, 0.4) is 0 Å². The van der Waals surface area contributed by atoms with Crippen LogP contribution < -0.4 is 0 Å². The van der Waals surface area contributed by atoms with Crippen LogP contribution in [0, 0.1) is 10.1 Å². The van der Waals surface area contributed by atoms with Gasteiger partial charge < -0.3 is 10.1 Å². The molecule has 2 aromatic heterocycles. The largest absolute Gasteiger partial charge is 0.358 e. The number of aromatic nitrogens is 5. The van der Waals surface area contributed by atoms with Gasteiger partial charge in [0.2, 0.25) is 0 Å². The van der Waals surface area contributed by atoms with Crippen LogP contribution in [0.1, 0.15) is 16.1 Å². The second-order valence-corrected chi connectivity index (χ2v) is 4.66. The average Bonchev–Trinajstić information content (AvgIpc) is 2.89. The molecule has 0 fully saturated rings. The van der Waals surface area contributed by atoms with Gasteiger partial charge in [-0.2, -0.15) is 12.6 Å². The van der Waals surface area contributed by atoms with Gasteiger partial charge in [0.05, 0.1) is 12.3 Å². The summed E-state index contributed by atoms with van der Waals surface area (Å²) in [6, 6.07) is 0. The molecule has 0 aromatic carbocycles. The molecule has 2 aromatic rings. The normalized spacial score (nSPS) is 12.6. The lowest BCUT2D eigenvalue weighted by atomic mass is 10.3. The van der Waals surface area contributed by atoms with Gasteiger partial charge in [0, 0.05) is 18.0 Å². The van der Waals surface area contributed by atoms with Crippen molar-refractivity contribution in [2.45, 2.75) is 11.7 Å². The second kappa shape index (κ2) is 4.75. The molecule has 0 radical (unpaired) electrons. The third kappa shape index (κ3) is 2.42. The Morgan fingerprint density at radius 2 is 2.47 bits per heavy atom. The van der Waals surface area contributed by atoms with Crippen molar-refractivity contribution >= 4 is 30.0 Å². The molecule has 0 amide bonds. The zero-order chi connectivity index (χ0) is 12.4. The van der Waals surface area contributed by atoms with Crippen molar-refractivity contribution in [3.63, 3.8) is 0 Å². The van der Waals surface area contributed by atoms with E-state index in [1.54, 1.807) is 7.05 Å². The standard InChI is InChI=1S/C7H8N6O2S2/c1-12-5(8-3-6(12)13(14)15)2-4(16)7-9-10-11-17-7/h3-4,16H,2H2,1H3. The minimum absolute atomic E-state index is 0.0454. The van der Waals surface area contributed by atoms with Gasteiger partial charge in [-0.25, -0.2) is 9.55 Å². The fraction of sp³-hybridized carbons (Fsp3) is 0.429. The molecule has 17 heavy (non-hydrogen) atoms. The lowest BCUT2D eigenvalue weighted by Crippen LogP contribution is -2.05. The van der Waals surface area contributed by atoms with E-state index in [2.05, 4.69) is 32.4 Å². The summed E-state index contributed by atoms with van der Waals surface area (Å²) in [5.41, 5.74) is 0. The summed E-state index contributed by atoms with van der Waals surface area (Å²) in [6.45, 7) is 0. The fourth-order valence-corrected chi connectivity index (χ4v) is 2.12. The van der Waals surface area contributed by atoms with Crippen molar-refractivity contribution in [2.24, 2.45) is 7.05 Å². The smallest absolute Gasteiger partial charge is 0.342 e. The van der Waals surface area contributed by atoms with Gasteiger partial charge in [0.25, 0.3) is 0 Å². The van der Waals surface area contributed by atoms with E-state index in [-0.39, 0.29) is 11.1 Å². The highest BCUT2D eigenvalue weighted by Crippen LogP contribution is 2.25. The number of hydrogen-bond donors (Lipinski definition) is 1. The summed E-state index contributed by atoms with van der Waals surface area (Å²) in [4.78, 5) is 14.2. The van der Waals surface area contributed by atoms with E-state index in [9.17, 15) is 10.1 Å². The van der Waals surface area contributed by atoms with E-state index in [1.807, 2.05) is 0 Å². The van der Waals surface area contributed by atoms with Crippen molar-refractivity contribution in [1.82, 2.24) is 24.4 Å². The van der Waals surface area contributed by atoms with Crippen molar-refractivity contribution in [3.8, 4) is 0 Å². The monoisotopic (exact) mass is 272 g/mol. The van der Waals surface area contributed by atoms with Crippen molar-refractivity contribution < 1.29 is 4.92 Å². The molecule has 0 bridgehead atoms. The molecular weight excluding hydrogens is 264 g/mol. The zero-order valence-corrected chi connectivity index (χ0v) is 10.4. The predicted molar refractivity (Wildman–Crippen MR) is 63.0 cm³/mol. The quantitative estimate of drug-likeness (QED) is 0.502. The van der Waals surface area contributed by atoms with Gasteiger partial charge in [0.1, 0.15) is 6.20 Å². The Morgan fingerprint density at radius 1 is 1.71 bits per heavy atom. The van der Waals surface area contributed by atoms with Crippen molar-refractivity contribution in [3.05, 3.63) is 27.1 Å². The van der Waals surface area contributed by atoms with Crippen LogP contribution in [0.4, 0.5) is 5.82 Å².